The van der Waals surface area contributed by atoms with Crippen molar-refractivity contribution >= 4 is 0 Å². The summed E-state index contributed by atoms with van der Waals surface area (Å²) in [6.07, 6.45) is 3.25. The largest absolute Gasteiger partial charge is 0.0613 e. The summed E-state index contributed by atoms with van der Waals surface area (Å²) in [6.45, 7) is 25.5. The van der Waals surface area contributed by atoms with Gasteiger partial charge in [0.25, 0.3) is 0 Å². The summed E-state index contributed by atoms with van der Waals surface area (Å²) >= 11 is 0. The van der Waals surface area contributed by atoms with Crippen LogP contribution in [-0.2, 0) is 19.3 Å². The molecule has 34 heavy (non-hydrogen) atoms. The molecule has 0 fully saturated rings. The van der Waals surface area contributed by atoms with Crippen LogP contribution < -0.4 is 0 Å². The molecule has 0 aliphatic heterocycles. The summed E-state index contributed by atoms with van der Waals surface area (Å²) in [5, 5.41) is 0. The van der Waals surface area contributed by atoms with Crippen LogP contribution >= 0.6 is 0 Å². The van der Waals surface area contributed by atoms with Crippen LogP contribution in [0.25, 0.3) is 11.1 Å². The Morgan fingerprint density at radius 3 is 1.56 bits per heavy atom. The van der Waals surface area contributed by atoms with E-state index in [1.54, 1.807) is 11.1 Å². The van der Waals surface area contributed by atoms with Gasteiger partial charge in [0, 0.05) is 0 Å². The van der Waals surface area contributed by atoms with Crippen molar-refractivity contribution in [3.05, 3.63) is 91.5 Å². The fraction of sp³-hybridized carbons (Fsp3) is 0.471. The molecular weight excluding hydrogens is 408 g/mol. The van der Waals surface area contributed by atoms with Crippen LogP contribution in [0.4, 0.5) is 0 Å². The molecule has 182 valence electrons. The second-order valence-electron chi connectivity index (χ2n) is 11.1. The summed E-state index contributed by atoms with van der Waals surface area (Å²) in [7, 11) is 0. The van der Waals surface area contributed by atoms with Crippen LogP contribution in [0.3, 0.4) is 0 Å². The van der Waals surface area contributed by atoms with Crippen LogP contribution in [0.15, 0.2) is 30.3 Å². The van der Waals surface area contributed by atoms with Gasteiger partial charge in [-0.3, -0.25) is 0 Å². The van der Waals surface area contributed by atoms with E-state index in [-0.39, 0.29) is 0 Å². The first-order valence-corrected chi connectivity index (χ1v) is 13.3. The third-order valence-electron chi connectivity index (χ3n) is 7.97. The van der Waals surface area contributed by atoms with Gasteiger partial charge in [-0.2, -0.15) is 0 Å². The van der Waals surface area contributed by atoms with E-state index in [1.165, 1.54) is 61.2 Å². The zero-order valence-corrected chi connectivity index (χ0v) is 23.7. The average molecular weight is 455 g/mol. The third kappa shape index (κ3) is 5.02. The summed E-state index contributed by atoms with van der Waals surface area (Å²) in [6, 6.07) is 11.9. The number of hydrogen-bond donors (Lipinski definition) is 0. The number of hydrogen-bond acceptors (Lipinski definition) is 0. The monoisotopic (exact) mass is 454 g/mol. The van der Waals surface area contributed by atoms with Crippen molar-refractivity contribution in [1.29, 1.82) is 0 Å². The Balaban J connectivity index is 2.34. The summed E-state index contributed by atoms with van der Waals surface area (Å²) in [5.74, 6) is 1.04. The first kappa shape index (κ1) is 26.3. The Morgan fingerprint density at radius 2 is 1.09 bits per heavy atom. The highest BCUT2D eigenvalue weighted by Crippen LogP contribution is 2.42. The lowest BCUT2D eigenvalue weighted by Crippen LogP contribution is -2.10. The van der Waals surface area contributed by atoms with E-state index in [0.717, 1.165) is 19.3 Å². The molecule has 0 nitrogen and oxygen atoms in total. The highest BCUT2D eigenvalue weighted by atomic mass is 14.3. The number of aryl methyl sites for hydroxylation is 5. The summed E-state index contributed by atoms with van der Waals surface area (Å²) < 4.78 is 0. The maximum Gasteiger partial charge on any atom is -0.0111 e. The van der Waals surface area contributed by atoms with Crippen molar-refractivity contribution in [3.63, 3.8) is 0 Å². The maximum atomic E-state index is 2.47. The standard InChI is InChI=1S/C34H46/c1-12-29-31(20(2)3)18-23(7)26(10)33(29)34-27(11)24(8)19-32(21(4)5)30(34)16-15-28-14-13-22(6)17-25(28)9/h13-14,17-21H,12,15-16H2,1-11H3. The summed E-state index contributed by atoms with van der Waals surface area (Å²) in [4.78, 5) is 0. The maximum absolute atomic E-state index is 2.47. The first-order valence-electron chi connectivity index (χ1n) is 13.3. The predicted molar refractivity (Wildman–Crippen MR) is 152 cm³/mol. The second-order valence-corrected chi connectivity index (χ2v) is 11.1. The molecule has 0 heterocycles. The van der Waals surface area contributed by atoms with Crippen molar-refractivity contribution in [2.45, 2.75) is 107 Å². The van der Waals surface area contributed by atoms with E-state index in [1.807, 2.05) is 0 Å². The zero-order valence-electron chi connectivity index (χ0n) is 23.7. The zero-order chi connectivity index (χ0) is 25.3. The lowest BCUT2D eigenvalue weighted by molar-refractivity contribution is 0.822. The molecule has 0 saturated carbocycles. The van der Waals surface area contributed by atoms with Gasteiger partial charge >= 0.3 is 0 Å². The lowest BCUT2D eigenvalue weighted by atomic mass is 9.77. The number of benzene rings is 3. The van der Waals surface area contributed by atoms with E-state index >= 15 is 0 Å². The van der Waals surface area contributed by atoms with Crippen molar-refractivity contribution in [2.75, 3.05) is 0 Å². The fourth-order valence-electron chi connectivity index (χ4n) is 5.74. The van der Waals surface area contributed by atoms with Crippen LogP contribution in [0.2, 0.25) is 0 Å². The minimum Gasteiger partial charge on any atom is -0.0613 e. The molecule has 0 heteroatoms. The van der Waals surface area contributed by atoms with Gasteiger partial charge in [0.1, 0.15) is 0 Å². The molecule has 3 aromatic carbocycles. The molecule has 0 aliphatic rings. The molecule has 0 amide bonds. The Morgan fingerprint density at radius 1 is 0.588 bits per heavy atom. The molecule has 0 aromatic heterocycles. The first-order chi connectivity index (χ1) is 16.0. The Kier molecular flexibility index (Phi) is 8.12. The highest BCUT2D eigenvalue weighted by Gasteiger charge is 2.23. The van der Waals surface area contributed by atoms with Gasteiger partial charge in [0.2, 0.25) is 0 Å². The molecule has 0 N–H and O–H groups in total. The van der Waals surface area contributed by atoms with Gasteiger partial charge in [-0.1, -0.05) is 70.5 Å². The van der Waals surface area contributed by atoms with E-state index < -0.39 is 0 Å². The molecule has 3 rings (SSSR count). The van der Waals surface area contributed by atoms with Crippen LogP contribution in [0, 0.1) is 41.5 Å². The Hall–Kier alpha value is -2.34. The third-order valence-corrected chi connectivity index (χ3v) is 7.97. The van der Waals surface area contributed by atoms with Crippen molar-refractivity contribution in [2.24, 2.45) is 0 Å². The minimum atomic E-state index is 0.506. The normalized spacial score (nSPS) is 11.7. The van der Waals surface area contributed by atoms with E-state index in [9.17, 15) is 0 Å². The Labute approximate surface area is 209 Å². The molecular formula is C34H46. The average Bonchev–Trinajstić information content (AvgIpc) is 2.76. The van der Waals surface area contributed by atoms with Gasteiger partial charge in [-0.15, -0.1) is 0 Å². The molecule has 0 aliphatic carbocycles. The van der Waals surface area contributed by atoms with Crippen LogP contribution in [0.1, 0.15) is 108 Å². The van der Waals surface area contributed by atoms with E-state index in [2.05, 4.69) is 106 Å². The molecule has 0 bridgehead atoms. The van der Waals surface area contributed by atoms with Crippen LogP contribution in [0.5, 0.6) is 0 Å². The van der Waals surface area contributed by atoms with Crippen molar-refractivity contribution in [1.82, 2.24) is 0 Å². The molecule has 3 aromatic rings. The van der Waals surface area contributed by atoms with E-state index in [4.69, 9.17) is 0 Å². The van der Waals surface area contributed by atoms with Crippen LogP contribution in [-0.4, -0.2) is 0 Å². The predicted octanol–water partition coefficient (Wildman–Crippen LogP) is 9.80. The highest BCUT2D eigenvalue weighted by molar-refractivity contribution is 5.81. The van der Waals surface area contributed by atoms with Gasteiger partial charge in [-0.05, 0) is 139 Å². The topological polar surface area (TPSA) is 0 Å². The smallest absolute Gasteiger partial charge is 0.0111 e. The summed E-state index contributed by atoms with van der Waals surface area (Å²) in [5.41, 5.74) is 19.2. The SMILES string of the molecule is CCc1c(C(C)C)cc(C)c(C)c1-c1c(C)c(C)cc(C(C)C)c1CCc1ccc(C)cc1C. The van der Waals surface area contributed by atoms with Crippen molar-refractivity contribution < 1.29 is 0 Å². The lowest BCUT2D eigenvalue weighted by Gasteiger charge is -2.27. The van der Waals surface area contributed by atoms with E-state index in [0.29, 0.717) is 11.8 Å². The molecule has 0 saturated heterocycles. The van der Waals surface area contributed by atoms with Crippen molar-refractivity contribution in [3.8, 4) is 11.1 Å². The molecule has 0 atom stereocenters. The minimum absolute atomic E-state index is 0.506. The van der Waals surface area contributed by atoms with Gasteiger partial charge in [0.15, 0.2) is 0 Å². The molecule has 0 spiro atoms. The quantitative estimate of drug-likeness (QED) is 0.333. The Bertz CT molecular complexity index is 1190. The fourth-order valence-corrected chi connectivity index (χ4v) is 5.74. The van der Waals surface area contributed by atoms with Gasteiger partial charge < -0.3 is 0 Å². The van der Waals surface area contributed by atoms with Gasteiger partial charge in [0.05, 0.1) is 0 Å². The number of rotatable bonds is 7. The molecule has 0 unspecified atom stereocenters. The molecule has 0 radical (unpaired) electrons. The van der Waals surface area contributed by atoms with Gasteiger partial charge in [-0.25, -0.2) is 0 Å². The second kappa shape index (κ2) is 10.5.